The Bertz CT molecular complexity index is 2010. The van der Waals surface area contributed by atoms with E-state index in [-0.39, 0.29) is 49.4 Å². The normalized spacial score (nSPS) is 11.9. The van der Waals surface area contributed by atoms with E-state index >= 15 is 0 Å². The molecule has 0 saturated heterocycles. The number of hydrogen-bond acceptors (Lipinski definition) is 10. The number of hydrogen-bond donors (Lipinski definition) is 1. The molecule has 0 bridgehead atoms. The SMILES string of the molecule is COC(=O)N(C)N(C)C(=O)c1cc(C#N)cc(C)c1NC(=O)c1cc(Cn2nnc(C(F)(F)C(F)(F)C(F)(F)F)n2)nn1-c1ncccc1Cl. The van der Waals surface area contributed by atoms with Gasteiger partial charge < -0.3 is 10.1 Å². The molecule has 15 nitrogen and oxygen atoms in total. The third-order valence-corrected chi connectivity index (χ3v) is 7.13. The Hall–Kier alpha value is -5.85. The van der Waals surface area contributed by atoms with Gasteiger partial charge in [-0.25, -0.2) is 24.5 Å². The molecule has 3 aromatic heterocycles. The molecule has 0 aliphatic heterocycles. The Kier molecular flexibility index (Phi) is 10.0. The molecular formula is C27H21ClF7N11O4. The predicted octanol–water partition coefficient (Wildman–Crippen LogP) is 4.36. The van der Waals surface area contributed by atoms with Gasteiger partial charge in [0.15, 0.2) is 5.82 Å². The molecule has 1 N–H and O–H groups in total. The van der Waals surface area contributed by atoms with E-state index in [2.05, 4.69) is 35.5 Å². The lowest BCUT2D eigenvalue weighted by Gasteiger charge is -2.28. The van der Waals surface area contributed by atoms with Gasteiger partial charge >= 0.3 is 24.1 Å². The minimum atomic E-state index is -6.64. The van der Waals surface area contributed by atoms with Gasteiger partial charge in [0.2, 0.25) is 0 Å². The Morgan fingerprint density at radius 2 is 1.74 bits per heavy atom. The zero-order valence-electron chi connectivity index (χ0n) is 25.8. The zero-order valence-corrected chi connectivity index (χ0v) is 26.6. The molecule has 264 valence electrons. The highest BCUT2D eigenvalue weighted by atomic mass is 35.5. The second-order valence-electron chi connectivity index (χ2n) is 10.1. The molecule has 0 saturated carbocycles. The van der Waals surface area contributed by atoms with Crippen LogP contribution in [0.1, 0.15) is 43.5 Å². The molecule has 1 aromatic carbocycles. The van der Waals surface area contributed by atoms with Crippen LogP contribution in [0.5, 0.6) is 0 Å². The second kappa shape index (κ2) is 13.6. The van der Waals surface area contributed by atoms with Crippen molar-refractivity contribution in [2.75, 3.05) is 26.5 Å². The van der Waals surface area contributed by atoms with Crippen LogP contribution in [-0.4, -0.2) is 96.2 Å². The maximum Gasteiger partial charge on any atom is 0.460 e. The molecular weight excluding hydrogens is 711 g/mol. The number of benzene rings is 1. The van der Waals surface area contributed by atoms with Crippen molar-refractivity contribution in [1.82, 2.24) is 45.0 Å². The monoisotopic (exact) mass is 731 g/mol. The molecule has 23 heteroatoms. The van der Waals surface area contributed by atoms with E-state index in [9.17, 15) is 50.4 Å². The standard InChI is InChI=1S/C27H21ClF7N11O4/c1-13-8-14(11-36)9-16(22(48)43(2)44(3)24(49)50-4)19(13)38-21(47)18-10-15(40-46(18)20-17(28)6-5-7-37-20)12-45-41-23(39-42-45)25(29,30)26(31,32)27(33,34)35/h5-10H,12H2,1-4H3,(H,38,47). The summed E-state index contributed by atoms with van der Waals surface area (Å²) in [6.45, 7) is 0.671. The quantitative estimate of drug-likeness (QED) is 0.202. The minimum Gasteiger partial charge on any atom is -0.452 e. The van der Waals surface area contributed by atoms with Crippen LogP contribution in [0.3, 0.4) is 0 Å². The number of alkyl halides is 7. The Labute approximate surface area is 280 Å². The Balaban J connectivity index is 1.76. The van der Waals surface area contributed by atoms with Crippen molar-refractivity contribution < 1.29 is 49.9 Å². The fraction of sp³-hybridized carbons (Fsp3) is 0.296. The lowest BCUT2D eigenvalue weighted by atomic mass is 10.0. The number of rotatable bonds is 8. The van der Waals surface area contributed by atoms with Gasteiger partial charge in [0.05, 0.1) is 40.7 Å². The first-order valence-corrected chi connectivity index (χ1v) is 13.9. The summed E-state index contributed by atoms with van der Waals surface area (Å²) in [6.07, 6.45) is -6.29. The fourth-order valence-electron chi connectivity index (χ4n) is 4.19. The zero-order chi connectivity index (χ0) is 37.3. The summed E-state index contributed by atoms with van der Waals surface area (Å²) in [5.41, 5.74) is -0.764. The second-order valence-corrected chi connectivity index (χ2v) is 10.5. The number of carbonyl (C=O) groups excluding carboxylic acids is 3. The van der Waals surface area contributed by atoms with Crippen LogP contribution in [-0.2, 0) is 17.2 Å². The van der Waals surface area contributed by atoms with Gasteiger partial charge in [-0.15, -0.1) is 10.2 Å². The van der Waals surface area contributed by atoms with Crippen LogP contribution in [0, 0.1) is 18.3 Å². The topological polar surface area (TPSA) is 177 Å². The number of amides is 3. The summed E-state index contributed by atoms with van der Waals surface area (Å²) in [5, 5.41) is 26.5. The Morgan fingerprint density at radius 1 is 1.06 bits per heavy atom. The van der Waals surface area contributed by atoms with Gasteiger partial charge in [-0.05, 0) is 48.0 Å². The van der Waals surface area contributed by atoms with Crippen molar-refractivity contribution in [3.63, 3.8) is 0 Å². The number of pyridine rings is 1. The number of tetrazole rings is 1. The van der Waals surface area contributed by atoms with Crippen LogP contribution in [0.15, 0.2) is 36.5 Å². The highest BCUT2D eigenvalue weighted by Gasteiger charge is 2.75. The number of nitrogens with one attached hydrogen (secondary N) is 1. The fourth-order valence-corrected chi connectivity index (χ4v) is 4.39. The van der Waals surface area contributed by atoms with E-state index in [1.165, 1.54) is 45.4 Å². The van der Waals surface area contributed by atoms with Gasteiger partial charge in [-0.2, -0.15) is 45.9 Å². The van der Waals surface area contributed by atoms with Crippen molar-refractivity contribution >= 4 is 35.2 Å². The van der Waals surface area contributed by atoms with Crippen LogP contribution in [0.4, 0.5) is 41.2 Å². The summed E-state index contributed by atoms with van der Waals surface area (Å²) in [4.78, 5) is 43.6. The van der Waals surface area contributed by atoms with E-state index in [0.29, 0.717) is 0 Å². The maximum absolute atomic E-state index is 14.1. The van der Waals surface area contributed by atoms with Crippen LogP contribution in [0.25, 0.3) is 5.82 Å². The third kappa shape index (κ3) is 6.84. The lowest BCUT2D eigenvalue weighted by Crippen LogP contribution is -2.50. The summed E-state index contributed by atoms with van der Waals surface area (Å²) >= 11 is 6.26. The van der Waals surface area contributed by atoms with Crippen LogP contribution in [0.2, 0.25) is 5.02 Å². The maximum atomic E-state index is 14.1. The molecule has 0 unspecified atom stereocenters. The molecule has 4 rings (SSSR count). The number of methoxy groups -OCH3 is 1. The number of aromatic nitrogens is 7. The predicted molar refractivity (Wildman–Crippen MR) is 154 cm³/mol. The van der Waals surface area contributed by atoms with Crippen LogP contribution < -0.4 is 5.32 Å². The first-order chi connectivity index (χ1) is 23.2. The average molecular weight is 732 g/mol. The number of hydrazine groups is 1. The molecule has 3 heterocycles. The van der Waals surface area contributed by atoms with Gasteiger partial charge in [0.1, 0.15) is 12.2 Å². The molecule has 4 aromatic rings. The van der Waals surface area contributed by atoms with Crippen molar-refractivity contribution in [1.29, 1.82) is 5.26 Å². The summed E-state index contributed by atoms with van der Waals surface area (Å²) in [6, 6.07) is 8.22. The van der Waals surface area contributed by atoms with Crippen molar-refractivity contribution in [2.45, 2.75) is 31.5 Å². The number of aryl methyl sites for hydroxylation is 1. The molecule has 3 amide bonds. The van der Waals surface area contributed by atoms with E-state index in [4.69, 9.17) is 11.6 Å². The molecule has 0 radical (unpaired) electrons. The molecule has 50 heavy (non-hydrogen) atoms. The van der Waals surface area contributed by atoms with Gasteiger partial charge in [-0.3, -0.25) is 9.59 Å². The Morgan fingerprint density at radius 3 is 2.34 bits per heavy atom. The van der Waals surface area contributed by atoms with Crippen molar-refractivity contribution in [3.8, 4) is 11.9 Å². The largest absolute Gasteiger partial charge is 0.460 e. The summed E-state index contributed by atoms with van der Waals surface area (Å²) in [7, 11) is 3.51. The molecule has 0 aliphatic rings. The smallest absolute Gasteiger partial charge is 0.452 e. The number of carbonyl (C=O) groups is 3. The van der Waals surface area contributed by atoms with Crippen LogP contribution >= 0.6 is 11.6 Å². The number of halogens is 8. The van der Waals surface area contributed by atoms with Gasteiger partial charge in [0, 0.05) is 20.3 Å². The first kappa shape index (κ1) is 37.0. The lowest BCUT2D eigenvalue weighted by molar-refractivity contribution is -0.361. The highest BCUT2D eigenvalue weighted by molar-refractivity contribution is 6.32. The minimum absolute atomic E-state index is 0.0174. The van der Waals surface area contributed by atoms with E-state index < -0.39 is 48.3 Å². The van der Waals surface area contributed by atoms with Gasteiger partial charge in [-0.1, -0.05) is 11.6 Å². The van der Waals surface area contributed by atoms with Crippen molar-refractivity contribution in [3.05, 3.63) is 75.5 Å². The molecule has 0 fully saturated rings. The van der Waals surface area contributed by atoms with E-state index in [1.54, 1.807) is 0 Å². The van der Waals surface area contributed by atoms with Crippen molar-refractivity contribution in [2.24, 2.45) is 0 Å². The van der Waals surface area contributed by atoms with Gasteiger partial charge in [0.25, 0.3) is 17.6 Å². The highest BCUT2D eigenvalue weighted by Crippen LogP contribution is 2.50. The molecule has 0 aliphatic carbocycles. The third-order valence-electron chi connectivity index (χ3n) is 6.84. The van der Waals surface area contributed by atoms with E-state index in [1.807, 2.05) is 6.07 Å². The molecule has 0 atom stereocenters. The summed E-state index contributed by atoms with van der Waals surface area (Å²) < 4.78 is 98.8. The molecule has 0 spiro atoms. The average Bonchev–Trinajstić information content (AvgIpc) is 3.71. The first-order valence-electron chi connectivity index (χ1n) is 13.5. The number of anilines is 1. The summed E-state index contributed by atoms with van der Waals surface area (Å²) in [5.74, 6) is -16.7. The number of nitriles is 1. The van der Waals surface area contributed by atoms with E-state index in [0.717, 1.165) is 33.9 Å². The number of nitrogens with zero attached hydrogens (tertiary/aromatic N) is 10. The number of ether oxygens (including phenoxy) is 1.